The molecule has 1 aromatic rings. The van der Waals surface area contributed by atoms with Gasteiger partial charge in [-0.1, -0.05) is 5.16 Å². The number of carbonyl (C=O) groups is 1. The van der Waals surface area contributed by atoms with Gasteiger partial charge in [-0.05, 0) is 26.7 Å². The Morgan fingerprint density at radius 1 is 1.35 bits per heavy atom. The topological polar surface area (TPSA) is 67.3 Å². The number of rotatable bonds is 3. The molecule has 7 nitrogen and oxygen atoms in total. The molecule has 4 heterocycles. The molecule has 0 saturated carbocycles. The van der Waals surface area contributed by atoms with Crippen LogP contribution >= 0.6 is 11.3 Å². The fourth-order valence-corrected chi connectivity index (χ4v) is 4.84. The van der Waals surface area contributed by atoms with Crippen LogP contribution in [-0.2, 0) is 20.9 Å². The van der Waals surface area contributed by atoms with Gasteiger partial charge in [-0.3, -0.25) is 9.69 Å². The highest BCUT2D eigenvalue weighted by Crippen LogP contribution is 2.33. The van der Waals surface area contributed by atoms with Crippen LogP contribution < -0.4 is 0 Å². The summed E-state index contributed by atoms with van der Waals surface area (Å²) in [6, 6.07) is 0. The van der Waals surface area contributed by atoms with Crippen molar-refractivity contribution in [2.45, 2.75) is 50.9 Å². The molecular weight excluding hydrogens is 352 g/mol. The van der Waals surface area contributed by atoms with E-state index in [2.05, 4.69) is 15.0 Å². The lowest BCUT2D eigenvalue weighted by atomic mass is 9.88. The summed E-state index contributed by atoms with van der Waals surface area (Å²) in [5.41, 5.74) is -0.0996. The van der Waals surface area contributed by atoms with Gasteiger partial charge in [0.15, 0.2) is 0 Å². The van der Waals surface area contributed by atoms with Gasteiger partial charge < -0.3 is 14.5 Å². The molecule has 2 fully saturated rings. The predicted octanol–water partition coefficient (Wildman–Crippen LogP) is 1.89. The SMILES string of the molecule is CC1=NOC(C)(C(=O)N2CCC3(CC2)CN(Cc2nccs2)CCO3)C1. The first-order valence-electron chi connectivity index (χ1n) is 9.24. The van der Waals surface area contributed by atoms with Crippen LogP contribution in [0.15, 0.2) is 16.7 Å². The van der Waals surface area contributed by atoms with Gasteiger partial charge in [0.25, 0.3) is 5.91 Å². The maximum absolute atomic E-state index is 12.9. The summed E-state index contributed by atoms with van der Waals surface area (Å²) < 4.78 is 6.20. The maximum Gasteiger partial charge on any atom is 0.269 e. The van der Waals surface area contributed by atoms with Gasteiger partial charge in [-0.25, -0.2) is 4.98 Å². The van der Waals surface area contributed by atoms with E-state index >= 15 is 0 Å². The van der Waals surface area contributed by atoms with Crippen LogP contribution in [-0.4, -0.2) is 70.4 Å². The molecule has 142 valence electrons. The Morgan fingerprint density at radius 3 is 2.81 bits per heavy atom. The summed E-state index contributed by atoms with van der Waals surface area (Å²) in [6.07, 6.45) is 4.16. The number of carbonyl (C=O) groups excluding carboxylic acids is 1. The zero-order chi connectivity index (χ0) is 18.2. The van der Waals surface area contributed by atoms with Crippen molar-refractivity contribution in [3.05, 3.63) is 16.6 Å². The number of likely N-dealkylation sites (tertiary alicyclic amines) is 1. The molecule has 1 aromatic heterocycles. The normalized spacial score (nSPS) is 28.8. The molecule has 3 aliphatic rings. The molecule has 0 N–H and O–H groups in total. The summed E-state index contributed by atoms with van der Waals surface area (Å²) in [7, 11) is 0. The zero-order valence-electron chi connectivity index (χ0n) is 15.4. The third-order valence-electron chi connectivity index (χ3n) is 5.58. The predicted molar refractivity (Wildman–Crippen MR) is 99.1 cm³/mol. The van der Waals surface area contributed by atoms with Gasteiger partial charge in [0.05, 0.1) is 24.5 Å². The second-order valence-electron chi connectivity index (χ2n) is 7.79. The molecule has 0 radical (unpaired) electrons. The summed E-state index contributed by atoms with van der Waals surface area (Å²) in [6.45, 7) is 8.63. The average molecular weight is 378 g/mol. The molecule has 0 aliphatic carbocycles. The Balaban J connectivity index is 1.34. The van der Waals surface area contributed by atoms with Gasteiger partial charge >= 0.3 is 0 Å². The Hall–Kier alpha value is -1.51. The number of nitrogens with zero attached hydrogens (tertiary/aromatic N) is 4. The second kappa shape index (κ2) is 6.90. The van der Waals surface area contributed by atoms with E-state index in [1.807, 2.05) is 30.3 Å². The monoisotopic (exact) mass is 378 g/mol. The Labute approximate surface area is 158 Å². The van der Waals surface area contributed by atoms with E-state index in [1.54, 1.807) is 11.3 Å². The van der Waals surface area contributed by atoms with Crippen LogP contribution in [0.5, 0.6) is 0 Å². The molecule has 1 atom stereocenters. The van der Waals surface area contributed by atoms with E-state index in [9.17, 15) is 4.79 Å². The van der Waals surface area contributed by atoms with Crippen molar-refractivity contribution in [2.24, 2.45) is 5.16 Å². The number of hydrogen-bond acceptors (Lipinski definition) is 7. The minimum absolute atomic E-state index is 0.0448. The maximum atomic E-state index is 12.9. The fraction of sp³-hybridized carbons (Fsp3) is 0.722. The molecule has 0 bridgehead atoms. The standard InChI is InChI=1S/C18H26N4O3S/c1-14-11-17(2,25-20-14)16(23)22-6-3-18(4-7-22)13-21(8-9-24-18)12-15-19-5-10-26-15/h5,10H,3-4,6-9,11-13H2,1-2H3. The first kappa shape index (κ1) is 17.9. The molecule has 1 spiro atoms. The number of thiazole rings is 1. The second-order valence-corrected chi connectivity index (χ2v) is 8.76. The summed E-state index contributed by atoms with van der Waals surface area (Å²) >= 11 is 1.70. The van der Waals surface area contributed by atoms with Gasteiger partial charge in [0.2, 0.25) is 5.60 Å². The van der Waals surface area contributed by atoms with E-state index in [0.29, 0.717) is 19.5 Å². The number of amides is 1. The highest BCUT2D eigenvalue weighted by atomic mass is 32.1. The van der Waals surface area contributed by atoms with Crippen molar-refractivity contribution in [1.82, 2.24) is 14.8 Å². The summed E-state index contributed by atoms with van der Waals surface area (Å²) in [4.78, 5) is 27.1. The summed E-state index contributed by atoms with van der Waals surface area (Å²) in [5.74, 6) is 0.0448. The lowest BCUT2D eigenvalue weighted by molar-refractivity contribution is -0.166. The van der Waals surface area contributed by atoms with Crippen molar-refractivity contribution >= 4 is 23.0 Å². The largest absolute Gasteiger partial charge is 0.379 e. The van der Waals surface area contributed by atoms with Gasteiger partial charge in [-0.2, -0.15) is 0 Å². The van der Waals surface area contributed by atoms with E-state index in [1.165, 1.54) is 0 Å². The molecular formula is C18H26N4O3S. The van der Waals surface area contributed by atoms with Crippen LogP contribution in [0.4, 0.5) is 0 Å². The third-order valence-corrected chi connectivity index (χ3v) is 6.34. The van der Waals surface area contributed by atoms with Gasteiger partial charge in [-0.15, -0.1) is 11.3 Å². The quantitative estimate of drug-likeness (QED) is 0.804. The Bertz CT molecular complexity index is 685. The van der Waals surface area contributed by atoms with E-state index < -0.39 is 5.60 Å². The Kier molecular flexibility index (Phi) is 4.75. The minimum Gasteiger partial charge on any atom is -0.379 e. The van der Waals surface area contributed by atoms with Crippen LogP contribution in [0.2, 0.25) is 0 Å². The van der Waals surface area contributed by atoms with Crippen molar-refractivity contribution in [3.8, 4) is 0 Å². The smallest absolute Gasteiger partial charge is 0.269 e. The van der Waals surface area contributed by atoms with Crippen molar-refractivity contribution in [1.29, 1.82) is 0 Å². The number of morpholine rings is 1. The van der Waals surface area contributed by atoms with Crippen LogP contribution in [0, 0.1) is 0 Å². The average Bonchev–Trinajstić information content (AvgIpc) is 3.25. The van der Waals surface area contributed by atoms with Crippen molar-refractivity contribution in [3.63, 3.8) is 0 Å². The van der Waals surface area contributed by atoms with Gasteiger partial charge in [0.1, 0.15) is 5.01 Å². The van der Waals surface area contributed by atoms with Crippen LogP contribution in [0.1, 0.15) is 38.1 Å². The van der Waals surface area contributed by atoms with E-state index in [-0.39, 0.29) is 11.5 Å². The van der Waals surface area contributed by atoms with Crippen LogP contribution in [0.25, 0.3) is 0 Å². The molecule has 4 rings (SSSR count). The highest BCUT2D eigenvalue weighted by Gasteiger charge is 2.47. The first-order valence-corrected chi connectivity index (χ1v) is 10.1. The molecule has 3 aliphatic heterocycles. The highest BCUT2D eigenvalue weighted by molar-refractivity contribution is 7.09. The molecule has 26 heavy (non-hydrogen) atoms. The minimum atomic E-state index is -0.834. The number of oxime groups is 1. The van der Waals surface area contributed by atoms with Gasteiger partial charge in [0, 0.05) is 44.2 Å². The van der Waals surface area contributed by atoms with Crippen molar-refractivity contribution in [2.75, 3.05) is 32.8 Å². The molecule has 1 amide bonds. The number of hydrogen-bond donors (Lipinski definition) is 0. The lowest BCUT2D eigenvalue weighted by Crippen LogP contribution is -2.59. The first-order chi connectivity index (χ1) is 12.5. The third kappa shape index (κ3) is 3.50. The molecule has 1 unspecified atom stereocenters. The van der Waals surface area contributed by atoms with E-state index in [4.69, 9.17) is 9.57 Å². The number of piperidine rings is 1. The van der Waals surface area contributed by atoms with E-state index in [0.717, 1.165) is 49.8 Å². The molecule has 8 heteroatoms. The zero-order valence-corrected chi connectivity index (χ0v) is 16.3. The number of aromatic nitrogens is 1. The fourth-order valence-electron chi connectivity index (χ4n) is 4.18. The number of ether oxygens (including phenoxy) is 1. The lowest BCUT2D eigenvalue weighted by Gasteiger charge is -2.47. The molecule has 0 aromatic carbocycles. The Morgan fingerprint density at radius 2 is 2.15 bits per heavy atom. The summed E-state index contributed by atoms with van der Waals surface area (Å²) in [5, 5.41) is 7.14. The van der Waals surface area contributed by atoms with Crippen molar-refractivity contribution < 1.29 is 14.4 Å². The molecule has 2 saturated heterocycles. The van der Waals surface area contributed by atoms with Crippen LogP contribution in [0.3, 0.4) is 0 Å².